The zero-order valence-corrected chi connectivity index (χ0v) is 14.6. The minimum atomic E-state index is 0.107. The summed E-state index contributed by atoms with van der Waals surface area (Å²) in [5, 5.41) is 2.38. The first-order valence-corrected chi connectivity index (χ1v) is 9.36. The van der Waals surface area contributed by atoms with E-state index in [0.29, 0.717) is 5.92 Å². The predicted octanol–water partition coefficient (Wildman–Crippen LogP) is 4.27. The van der Waals surface area contributed by atoms with E-state index in [1.165, 1.54) is 23.6 Å². The number of carbonyl (C=O) groups excluding carboxylic acids is 1. The van der Waals surface area contributed by atoms with Gasteiger partial charge in [-0.1, -0.05) is 42.5 Å². The van der Waals surface area contributed by atoms with Crippen LogP contribution in [0.5, 0.6) is 0 Å². The summed E-state index contributed by atoms with van der Waals surface area (Å²) in [5.74, 6) is 0.798. The van der Waals surface area contributed by atoms with Crippen LogP contribution < -0.4 is 0 Å². The summed E-state index contributed by atoms with van der Waals surface area (Å²) < 4.78 is 5.74. The van der Waals surface area contributed by atoms with Gasteiger partial charge in [-0.15, -0.1) is 0 Å². The highest BCUT2D eigenvalue weighted by Crippen LogP contribution is 2.30. The lowest BCUT2D eigenvalue weighted by Gasteiger charge is -2.24. The van der Waals surface area contributed by atoms with Crippen molar-refractivity contribution in [1.82, 2.24) is 4.90 Å². The van der Waals surface area contributed by atoms with Crippen molar-refractivity contribution in [1.29, 1.82) is 0 Å². The number of fused-ring (bicyclic) bond motifs is 1. The van der Waals surface area contributed by atoms with E-state index in [1.54, 1.807) is 6.08 Å². The second-order valence-electron chi connectivity index (χ2n) is 7.22. The van der Waals surface area contributed by atoms with E-state index >= 15 is 0 Å². The van der Waals surface area contributed by atoms with Crippen molar-refractivity contribution in [2.75, 3.05) is 19.7 Å². The van der Waals surface area contributed by atoms with E-state index in [-0.39, 0.29) is 12.0 Å². The van der Waals surface area contributed by atoms with Crippen molar-refractivity contribution in [3.8, 4) is 0 Å². The molecule has 2 fully saturated rings. The van der Waals surface area contributed by atoms with E-state index < -0.39 is 0 Å². The van der Waals surface area contributed by atoms with Gasteiger partial charge < -0.3 is 9.64 Å². The molecule has 2 aromatic rings. The maximum Gasteiger partial charge on any atom is 0.246 e. The fourth-order valence-electron chi connectivity index (χ4n) is 3.56. The molecule has 0 spiro atoms. The Kier molecular flexibility index (Phi) is 4.84. The summed E-state index contributed by atoms with van der Waals surface area (Å²) in [6, 6.07) is 14.5. The summed E-state index contributed by atoms with van der Waals surface area (Å²) >= 11 is 0. The highest BCUT2D eigenvalue weighted by Gasteiger charge is 2.28. The molecule has 1 atom stereocenters. The van der Waals surface area contributed by atoms with Crippen molar-refractivity contribution in [2.45, 2.75) is 31.8 Å². The third-order valence-electron chi connectivity index (χ3n) is 5.16. The molecule has 1 amide bonds. The highest BCUT2D eigenvalue weighted by molar-refractivity contribution is 5.96. The molecule has 0 N–H and O–H groups in total. The summed E-state index contributed by atoms with van der Waals surface area (Å²) in [6.07, 6.45) is 8.60. The van der Waals surface area contributed by atoms with E-state index in [4.69, 9.17) is 4.74 Å². The van der Waals surface area contributed by atoms with Crippen LogP contribution in [0.4, 0.5) is 0 Å². The number of amides is 1. The van der Waals surface area contributed by atoms with Crippen molar-refractivity contribution in [3.05, 3.63) is 54.1 Å². The number of nitrogens with zero attached hydrogens (tertiary/aromatic N) is 1. The summed E-state index contributed by atoms with van der Waals surface area (Å²) in [5.41, 5.74) is 1.09. The van der Waals surface area contributed by atoms with Crippen molar-refractivity contribution >= 4 is 22.8 Å². The van der Waals surface area contributed by atoms with Crippen LogP contribution in [-0.4, -0.2) is 36.6 Å². The molecule has 0 aromatic heterocycles. The Morgan fingerprint density at radius 3 is 2.72 bits per heavy atom. The Morgan fingerprint density at radius 1 is 1.08 bits per heavy atom. The zero-order valence-electron chi connectivity index (χ0n) is 14.6. The molecule has 3 heteroatoms. The van der Waals surface area contributed by atoms with Gasteiger partial charge in [-0.25, -0.2) is 0 Å². The molecule has 1 heterocycles. The van der Waals surface area contributed by atoms with Crippen molar-refractivity contribution < 1.29 is 9.53 Å². The van der Waals surface area contributed by atoms with Gasteiger partial charge in [-0.3, -0.25) is 4.79 Å². The third-order valence-corrected chi connectivity index (χ3v) is 5.16. The SMILES string of the molecule is O=C(/C=C/c1cccc2ccccc12)N(CC1CC1)CC1CCCO1. The van der Waals surface area contributed by atoms with Gasteiger partial charge >= 0.3 is 0 Å². The van der Waals surface area contributed by atoms with Gasteiger partial charge in [0.1, 0.15) is 0 Å². The summed E-state index contributed by atoms with van der Waals surface area (Å²) in [4.78, 5) is 14.8. The first kappa shape index (κ1) is 16.3. The van der Waals surface area contributed by atoms with Crippen LogP contribution in [0, 0.1) is 5.92 Å². The molecule has 1 aliphatic carbocycles. The number of benzene rings is 2. The Bertz CT molecular complexity index is 767. The number of ether oxygens (including phenoxy) is 1. The summed E-state index contributed by atoms with van der Waals surface area (Å²) in [7, 11) is 0. The lowest BCUT2D eigenvalue weighted by Crippen LogP contribution is -2.37. The number of carbonyl (C=O) groups is 1. The van der Waals surface area contributed by atoms with Crippen LogP contribution in [0.3, 0.4) is 0 Å². The summed E-state index contributed by atoms with van der Waals surface area (Å²) in [6.45, 7) is 2.44. The van der Waals surface area contributed by atoms with Crippen LogP contribution in [-0.2, 0) is 9.53 Å². The van der Waals surface area contributed by atoms with Crippen LogP contribution in [0.2, 0.25) is 0 Å². The molecule has 25 heavy (non-hydrogen) atoms. The standard InChI is InChI=1S/C22H25NO2/c24-22(23(15-17-10-11-17)16-20-8-4-14-25-20)13-12-19-7-3-6-18-5-1-2-9-21(18)19/h1-3,5-7,9,12-13,17,20H,4,8,10-11,14-16H2/b13-12+. The molecule has 1 unspecified atom stereocenters. The molecule has 4 rings (SSSR count). The molecule has 1 saturated carbocycles. The highest BCUT2D eigenvalue weighted by atomic mass is 16.5. The maximum atomic E-state index is 12.8. The predicted molar refractivity (Wildman–Crippen MR) is 101 cm³/mol. The Morgan fingerprint density at radius 2 is 1.92 bits per heavy atom. The van der Waals surface area contributed by atoms with Crippen LogP contribution in [0.25, 0.3) is 16.8 Å². The van der Waals surface area contributed by atoms with Crippen LogP contribution in [0.15, 0.2) is 48.5 Å². The molecular formula is C22H25NO2. The van der Waals surface area contributed by atoms with E-state index in [2.05, 4.69) is 24.3 Å². The van der Waals surface area contributed by atoms with Gasteiger partial charge in [0.15, 0.2) is 0 Å². The zero-order chi connectivity index (χ0) is 17.1. The monoisotopic (exact) mass is 335 g/mol. The lowest BCUT2D eigenvalue weighted by atomic mass is 10.0. The quantitative estimate of drug-likeness (QED) is 0.738. The molecule has 3 nitrogen and oxygen atoms in total. The average Bonchev–Trinajstić information content (AvgIpc) is 3.31. The fourth-order valence-corrected chi connectivity index (χ4v) is 3.56. The van der Waals surface area contributed by atoms with Gasteiger partial charge in [0.25, 0.3) is 0 Å². The molecule has 130 valence electrons. The van der Waals surface area contributed by atoms with E-state index in [9.17, 15) is 4.79 Å². The van der Waals surface area contributed by atoms with Gasteiger partial charge in [0.2, 0.25) is 5.91 Å². The number of hydrogen-bond acceptors (Lipinski definition) is 2. The minimum absolute atomic E-state index is 0.107. The Balaban J connectivity index is 1.49. The van der Waals surface area contributed by atoms with E-state index in [1.807, 2.05) is 29.2 Å². The second-order valence-corrected chi connectivity index (χ2v) is 7.22. The molecule has 1 aliphatic heterocycles. The van der Waals surface area contributed by atoms with Crippen LogP contribution in [0.1, 0.15) is 31.2 Å². The largest absolute Gasteiger partial charge is 0.376 e. The molecular weight excluding hydrogens is 310 g/mol. The maximum absolute atomic E-state index is 12.8. The third kappa shape index (κ3) is 4.10. The van der Waals surface area contributed by atoms with E-state index in [0.717, 1.165) is 38.1 Å². The van der Waals surface area contributed by atoms with Crippen molar-refractivity contribution in [2.24, 2.45) is 5.92 Å². The lowest BCUT2D eigenvalue weighted by molar-refractivity contribution is -0.127. The van der Waals surface area contributed by atoms with Gasteiger partial charge in [-0.2, -0.15) is 0 Å². The average molecular weight is 335 g/mol. The van der Waals surface area contributed by atoms with Crippen molar-refractivity contribution in [3.63, 3.8) is 0 Å². The van der Waals surface area contributed by atoms with Gasteiger partial charge in [0.05, 0.1) is 6.10 Å². The molecule has 0 bridgehead atoms. The fraction of sp³-hybridized carbons (Fsp3) is 0.409. The number of hydrogen-bond donors (Lipinski definition) is 0. The molecule has 2 aliphatic rings. The topological polar surface area (TPSA) is 29.5 Å². The normalized spacial score (nSPS) is 20.4. The molecule has 2 aromatic carbocycles. The van der Waals surface area contributed by atoms with Gasteiger partial charge in [-0.05, 0) is 54.0 Å². The Hall–Kier alpha value is -2.13. The molecule has 1 saturated heterocycles. The smallest absolute Gasteiger partial charge is 0.246 e. The first-order chi connectivity index (χ1) is 12.3. The second kappa shape index (κ2) is 7.40. The minimum Gasteiger partial charge on any atom is -0.376 e. The first-order valence-electron chi connectivity index (χ1n) is 9.36. The Labute approximate surface area is 149 Å². The van der Waals surface area contributed by atoms with Crippen LogP contribution >= 0.6 is 0 Å². The van der Waals surface area contributed by atoms with Gasteiger partial charge in [0, 0.05) is 25.8 Å². The number of rotatable bonds is 6. The molecule has 0 radical (unpaired) electrons.